The molecule has 20 heavy (non-hydrogen) atoms. The molecular weight excluding hydrogens is 258 g/mol. The van der Waals surface area contributed by atoms with E-state index in [0.29, 0.717) is 12.4 Å². The van der Waals surface area contributed by atoms with Gasteiger partial charge in [0.2, 0.25) is 5.95 Å². The lowest BCUT2D eigenvalue weighted by Gasteiger charge is -2.25. The third-order valence-electron chi connectivity index (χ3n) is 3.08. The van der Waals surface area contributed by atoms with Gasteiger partial charge in [0.1, 0.15) is 5.54 Å². The molecule has 0 aliphatic heterocycles. The molecule has 1 unspecified atom stereocenters. The van der Waals surface area contributed by atoms with Crippen molar-refractivity contribution in [3.05, 3.63) is 30.3 Å². The smallest absolute Gasteiger partial charge is 0.329 e. The number of para-hydroxylation sites is 1. The largest absolute Gasteiger partial charge is 0.480 e. The van der Waals surface area contributed by atoms with Crippen LogP contribution in [0.2, 0.25) is 0 Å². The quantitative estimate of drug-likeness (QED) is 0.833. The second kappa shape index (κ2) is 5.68. The molecule has 0 saturated heterocycles. The van der Waals surface area contributed by atoms with E-state index in [1.165, 1.54) is 4.68 Å². The Morgan fingerprint density at radius 3 is 2.70 bits per heavy atom. The fourth-order valence-electron chi connectivity index (χ4n) is 1.98. The van der Waals surface area contributed by atoms with Gasteiger partial charge in [-0.25, -0.2) is 4.79 Å². The van der Waals surface area contributed by atoms with Crippen LogP contribution in [0.25, 0.3) is 5.69 Å². The molecule has 0 aliphatic rings. The maximum absolute atomic E-state index is 11.4. The molecule has 0 bridgehead atoms. The average molecular weight is 275 g/mol. The number of carboxylic acids is 1. The van der Waals surface area contributed by atoms with Gasteiger partial charge in [-0.15, -0.1) is 0 Å². The maximum Gasteiger partial charge on any atom is 0.329 e. The Morgan fingerprint density at radius 2 is 2.10 bits per heavy atom. The zero-order chi connectivity index (χ0) is 14.6. The lowest BCUT2D eigenvalue weighted by atomic mass is 9.97. The van der Waals surface area contributed by atoms with Crippen LogP contribution in [0.3, 0.4) is 0 Å². The molecular formula is C13H17N5O2. The lowest BCUT2D eigenvalue weighted by molar-refractivity contribution is -0.142. The number of rotatable bonds is 6. The van der Waals surface area contributed by atoms with Crippen molar-refractivity contribution in [3.63, 3.8) is 0 Å². The van der Waals surface area contributed by atoms with Crippen molar-refractivity contribution in [2.24, 2.45) is 0 Å². The van der Waals surface area contributed by atoms with Crippen molar-refractivity contribution in [3.8, 4) is 5.69 Å². The number of anilines is 1. The molecule has 2 aromatic rings. The Balaban J connectivity index is 2.31. The predicted molar refractivity (Wildman–Crippen MR) is 73.7 cm³/mol. The van der Waals surface area contributed by atoms with E-state index in [1.807, 2.05) is 37.3 Å². The van der Waals surface area contributed by atoms with Crippen LogP contribution in [-0.2, 0) is 4.79 Å². The van der Waals surface area contributed by atoms with Crippen LogP contribution < -0.4 is 5.32 Å². The van der Waals surface area contributed by atoms with Crippen molar-refractivity contribution in [1.29, 1.82) is 0 Å². The SMILES string of the molecule is CCCC(C)(Nc1nnnn1-c1ccccc1)C(=O)O. The summed E-state index contributed by atoms with van der Waals surface area (Å²) < 4.78 is 1.48. The van der Waals surface area contributed by atoms with Crippen LogP contribution in [0.4, 0.5) is 5.95 Å². The summed E-state index contributed by atoms with van der Waals surface area (Å²) >= 11 is 0. The molecule has 0 amide bonds. The Bertz CT molecular complexity index is 583. The summed E-state index contributed by atoms with van der Waals surface area (Å²) in [6, 6.07) is 9.31. The Kier molecular flexibility index (Phi) is 3.97. The monoisotopic (exact) mass is 275 g/mol. The highest BCUT2D eigenvalue weighted by molar-refractivity contribution is 5.81. The highest BCUT2D eigenvalue weighted by Gasteiger charge is 2.33. The number of tetrazole rings is 1. The Labute approximate surface area is 116 Å². The second-order valence-corrected chi connectivity index (χ2v) is 4.76. The van der Waals surface area contributed by atoms with E-state index in [4.69, 9.17) is 0 Å². The molecule has 1 heterocycles. The fraction of sp³-hybridized carbons (Fsp3) is 0.385. The first-order valence-electron chi connectivity index (χ1n) is 6.42. The third-order valence-corrected chi connectivity index (χ3v) is 3.08. The van der Waals surface area contributed by atoms with E-state index >= 15 is 0 Å². The minimum Gasteiger partial charge on any atom is -0.480 e. The highest BCUT2D eigenvalue weighted by Crippen LogP contribution is 2.20. The zero-order valence-corrected chi connectivity index (χ0v) is 11.4. The van der Waals surface area contributed by atoms with E-state index < -0.39 is 11.5 Å². The van der Waals surface area contributed by atoms with Crippen LogP contribution in [0, 0.1) is 0 Å². The first kappa shape index (κ1) is 14.0. The number of nitrogens with zero attached hydrogens (tertiary/aromatic N) is 4. The van der Waals surface area contributed by atoms with E-state index in [-0.39, 0.29) is 0 Å². The molecule has 7 heteroatoms. The molecule has 0 aliphatic carbocycles. The standard InChI is InChI=1S/C13H17N5O2/c1-3-9-13(2,11(19)20)14-12-15-16-17-18(12)10-7-5-4-6-8-10/h4-8H,3,9H2,1-2H3,(H,19,20)(H,14,15,17). The minimum absolute atomic E-state index is 0.314. The van der Waals surface area contributed by atoms with E-state index in [2.05, 4.69) is 20.8 Å². The molecule has 7 nitrogen and oxygen atoms in total. The lowest BCUT2D eigenvalue weighted by Crippen LogP contribution is -2.44. The maximum atomic E-state index is 11.4. The second-order valence-electron chi connectivity index (χ2n) is 4.76. The van der Waals surface area contributed by atoms with Crippen molar-refractivity contribution in [1.82, 2.24) is 20.2 Å². The first-order valence-corrected chi connectivity index (χ1v) is 6.42. The number of nitrogens with one attached hydrogen (secondary N) is 1. The van der Waals surface area contributed by atoms with Crippen molar-refractivity contribution < 1.29 is 9.90 Å². The molecule has 1 atom stereocenters. The number of aromatic nitrogens is 4. The van der Waals surface area contributed by atoms with Gasteiger partial charge in [-0.3, -0.25) is 0 Å². The van der Waals surface area contributed by atoms with Crippen LogP contribution in [0.15, 0.2) is 30.3 Å². The summed E-state index contributed by atoms with van der Waals surface area (Å²) in [6.45, 7) is 3.56. The van der Waals surface area contributed by atoms with Gasteiger partial charge in [-0.2, -0.15) is 4.68 Å². The molecule has 106 valence electrons. The number of aliphatic carboxylic acids is 1. The zero-order valence-electron chi connectivity index (χ0n) is 11.4. The predicted octanol–water partition coefficient (Wildman–Crippen LogP) is 1.72. The van der Waals surface area contributed by atoms with Gasteiger partial charge in [0.15, 0.2) is 0 Å². The number of benzene rings is 1. The molecule has 0 spiro atoms. The highest BCUT2D eigenvalue weighted by atomic mass is 16.4. The number of hydrogen-bond acceptors (Lipinski definition) is 5. The topological polar surface area (TPSA) is 92.9 Å². The summed E-state index contributed by atoms with van der Waals surface area (Å²) in [5.74, 6) is -0.614. The van der Waals surface area contributed by atoms with E-state index in [1.54, 1.807) is 6.92 Å². The fourth-order valence-corrected chi connectivity index (χ4v) is 1.98. The molecule has 0 fully saturated rings. The Morgan fingerprint density at radius 1 is 1.40 bits per heavy atom. The normalized spacial score (nSPS) is 13.7. The van der Waals surface area contributed by atoms with Crippen LogP contribution in [0.1, 0.15) is 26.7 Å². The summed E-state index contributed by atoms with van der Waals surface area (Å²) in [4.78, 5) is 11.4. The first-order chi connectivity index (χ1) is 9.57. The van der Waals surface area contributed by atoms with Crippen LogP contribution in [-0.4, -0.2) is 36.8 Å². The molecule has 2 rings (SSSR count). The summed E-state index contributed by atoms with van der Waals surface area (Å²) in [6.07, 6.45) is 1.21. The molecule has 1 aromatic heterocycles. The number of carbonyl (C=O) groups is 1. The van der Waals surface area contributed by atoms with Gasteiger partial charge in [0, 0.05) is 0 Å². The summed E-state index contributed by atoms with van der Waals surface area (Å²) in [5.41, 5.74) is -0.333. The van der Waals surface area contributed by atoms with Gasteiger partial charge in [-0.05, 0) is 35.9 Å². The van der Waals surface area contributed by atoms with Gasteiger partial charge in [0.05, 0.1) is 5.69 Å². The van der Waals surface area contributed by atoms with Gasteiger partial charge in [-0.1, -0.05) is 36.6 Å². The van der Waals surface area contributed by atoms with Crippen LogP contribution >= 0.6 is 0 Å². The average Bonchev–Trinajstić information content (AvgIpc) is 2.87. The van der Waals surface area contributed by atoms with Gasteiger partial charge >= 0.3 is 5.97 Å². The van der Waals surface area contributed by atoms with Crippen molar-refractivity contribution in [2.45, 2.75) is 32.2 Å². The minimum atomic E-state index is -1.10. The van der Waals surface area contributed by atoms with E-state index in [0.717, 1.165) is 12.1 Å². The van der Waals surface area contributed by atoms with Crippen molar-refractivity contribution in [2.75, 3.05) is 5.32 Å². The molecule has 2 N–H and O–H groups in total. The van der Waals surface area contributed by atoms with Crippen LogP contribution in [0.5, 0.6) is 0 Å². The van der Waals surface area contributed by atoms with Gasteiger partial charge < -0.3 is 10.4 Å². The van der Waals surface area contributed by atoms with E-state index in [9.17, 15) is 9.90 Å². The summed E-state index contributed by atoms with van der Waals surface area (Å²) in [7, 11) is 0. The summed E-state index contributed by atoms with van der Waals surface area (Å²) in [5, 5.41) is 23.7. The molecule has 0 radical (unpaired) electrons. The Hall–Kier alpha value is -2.44. The van der Waals surface area contributed by atoms with Gasteiger partial charge in [0.25, 0.3) is 0 Å². The molecule has 0 saturated carbocycles. The van der Waals surface area contributed by atoms with Crippen molar-refractivity contribution >= 4 is 11.9 Å². The number of carboxylic acid groups (broad SMARTS) is 1. The third kappa shape index (κ3) is 2.76. The molecule has 1 aromatic carbocycles. The number of hydrogen-bond donors (Lipinski definition) is 2.